The molecule has 116 valence electrons. The summed E-state index contributed by atoms with van der Waals surface area (Å²) in [5, 5.41) is 3.62. The van der Waals surface area contributed by atoms with Crippen molar-refractivity contribution in [3.8, 4) is 0 Å². The molecular weight excluding hydrogens is 262 g/mol. The van der Waals surface area contributed by atoms with Gasteiger partial charge >= 0.3 is 5.97 Å². The number of carbonyl (C=O) groups excluding carboxylic acids is 1. The molecule has 0 amide bonds. The first-order chi connectivity index (χ1) is 10.0. The fraction of sp³-hybridized carbons (Fsp3) is 0.611. The molecule has 21 heavy (non-hydrogen) atoms. The third kappa shape index (κ3) is 3.78. The third-order valence-corrected chi connectivity index (χ3v) is 4.60. The van der Waals surface area contributed by atoms with Crippen molar-refractivity contribution >= 4 is 11.7 Å². The van der Waals surface area contributed by atoms with Crippen LogP contribution in [0.5, 0.6) is 0 Å². The van der Waals surface area contributed by atoms with Gasteiger partial charge in [0.25, 0.3) is 0 Å². The largest absolute Gasteiger partial charge is 0.465 e. The number of esters is 1. The van der Waals surface area contributed by atoms with E-state index in [1.54, 1.807) is 0 Å². The molecule has 0 bridgehead atoms. The summed E-state index contributed by atoms with van der Waals surface area (Å²) in [6.07, 6.45) is 5.03. The summed E-state index contributed by atoms with van der Waals surface area (Å²) in [5.41, 5.74) is 2.63. The van der Waals surface area contributed by atoms with Crippen molar-refractivity contribution in [3.05, 3.63) is 29.3 Å². The molecule has 2 atom stereocenters. The van der Waals surface area contributed by atoms with Gasteiger partial charge in [-0.2, -0.15) is 0 Å². The number of ether oxygens (including phenoxy) is 1. The lowest BCUT2D eigenvalue weighted by molar-refractivity contribution is 0.0601. The highest BCUT2D eigenvalue weighted by Gasteiger charge is 2.28. The summed E-state index contributed by atoms with van der Waals surface area (Å²) in [5.74, 6) is 1.07. The first-order valence-corrected chi connectivity index (χ1v) is 7.98. The second kappa shape index (κ2) is 6.97. The number of benzene rings is 1. The predicted octanol–water partition coefficient (Wildman–Crippen LogP) is 4.41. The van der Waals surface area contributed by atoms with E-state index in [1.807, 2.05) is 25.1 Å². The molecule has 3 heteroatoms. The van der Waals surface area contributed by atoms with Crippen LogP contribution >= 0.6 is 0 Å². The van der Waals surface area contributed by atoms with E-state index in [0.29, 0.717) is 23.4 Å². The van der Waals surface area contributed by atoms with Crippen molar-refractivity contribution in [2.45, 2.75) is 52.5 Å². The van der Waals surface area contributed by atoms with Crippen LogP contribution in [0.2, 0.25) is 0 Å². The fourth-order valence-electron chi connectivity index (χ4n) is 3.40. The number of methoxy groups -OCH3 is 1. The van der Waals surface area contributed by atoms with Crippen molar-refractivity contribution in [2.75, 3.05) is 12.4 Å². The van der Waals surface area contributed by atoms with Gasteiger partial charge < -0.3 is 10.1 Å². The molecule has 2 rings (SSSR count). The second-order valence-corrected chi connectivity index (χ2v) is 6.48. The molecule has 0 heterocycles. The predicted molar refractivity (Wildman–Crippen MR) is 86.7 cm³/mol. The Morgan fingerprint density at radius 3 is 2.67 bits per heavy atom. The highest BCUT2D eigenvalue weighted by molar-refractivity contribution is 5.95. The Kier molecular flexibility index (Phi) is 5.27. The Hall–Kier alpha value is -1.51. The molecule has 2 unspecified atom stereocenters. The molecule has 0 radical (unpaired) electrons. The molecule has 1 N–H and O–H groups in total. The van der Waals surface area contributed by atoms with E-state index in [9.17, 15) is 4.79 Å². The van der Waals surface area contributed by atoms with Gasteiger partial charge in [-0.3, -0.25) is 0 Å². The summed E-state index contributed by atoms with van der Waals surface area (Å²) in [6, 6.07) is 6.40. The zero-order valence-electron chi connectivity index (χ0n) is 13.6. The minimum absolute atomic E-state index is 0.266. The Bertz CT molecular complexity index is 496. The molecule has 1 aromatic rings. The Morgan fingerprint density at radius 1 is 1.29 bits per heavy atom. The lowest BCUT2D eigenvalue weighted by Gasteiger charge is -2.36. The van der Waals surface area contributed by atoms with E-state index < -0.39 is 0 Å². The summed E-state index contributed by atoms with van der Waals surface area (Å²) < 4.78 is 4.92. The van der Waals surface area contributed by atoms with Gasteiger partial charge in [0.1, 0.15) is 0 Å². The summed E-state index contributed by atoms with van der Waals surface area (Å²) >= 11 is 0. The van der Waals surface area contributed by atoms with Crippen molar-refractivity contribution < 1.29 is 9.53 Å². The van der Waals surface area contributed by atoms with E-state index in [1.165, 1.54) is 32.8 Å². The number of hydrogen-bond acceptors (Lipinski definition) is 3. The van der Waals surface area contributed by atoms with E-state index in [2.05, 4.69) is 19.2 Å². The number of aryl methyl sites for hydroxylation is 1. The van der Waals surface area contributed by atoms with Gasteiger partial charge in [0.2, 0.25) is 0 Å². The monoisotopic (exact) mass is 289 g/mol. The van der Waals surface area contributed by atoms with Crippen molar-refractivity contribution in [2.24, 2.45) is 11.8 Å². The van der Waals surface area contributed by atoms with Crippen molar-refractivity contribution in [1.29, 1.82) is 0 Å². The first kappa shape index (κ1) is 15.9. The number of carbonyl (C=O) groups is 1. The molecule has 0 saturated heterocycles. The summed E-state index contributed by atoms with van der Waals surface area (Å²) in [6.45, 7) is 6.58. The van der Waals surface area contributed by atoms with E-state index in [4.69, 9.17) is 4.74 Å². The standard InChI is InChI=1S/C18H27NO2/c1-12(2)14-7-5-6-8-16(14)19-17-10-9-13(3)11-15(17)18(20)21-4/h9-12,14,16,19H,5-8H2,1-4H3. The molecule has 3 nitrogen and oxygen atoms in total. The first-order valence-electron chi connectivity index (χ1n) is 7.98. The van der Waals surface area contributed by atoms with E-state index in [-0.39, 0.29) is 5.97 Å². The van der Waals surface area contributed by atoms with Crippen LogP contribution in [0.3, 0.4) is 0 Å². The molecular formula is C18H27NO2. The van der Waals surface area contributed by atoms with Crippen LogP contribution in [0.25, 0.3) is 0 Å². The minimum Gasteiger partial charge on any atom is -0.465 e. The highest BCUT2D eigenvalue weighted by Crippen LogP contribution is 2.33. The van der Waals surface area contributed by atoms with Crippen LogP contribution in [0.15, 0.2) is 18.2 Å². The maximum Gasteiger partial charge on any atom is 0.339 e. The molecule has 1 aromatic carbocycles. The minimum atomic E-state index is -0.266. The number of anilines is 1. The van der Waals surface area contributed by atoms with Crippen LogP contribution in [-0.2, 0) is 4.74 Å². The van der Waals surface area contributed by atoms with Crippen LogP contribution in [-0.4, -0.2) is 19.1 Å². The molecule has 1 fully saturated rings. The van der Waals surface area contributed by atoms with Gasteiger partial charge in [0.05, 0.1) is 12.7 Å². The van der Waals surface area contributed by atoms with Crippen LogP contribution in [0, 0.1) is 18.8 Å². The highest BCUT2D eigenvalue weighted by atomic mass is 16.5. The fourth-order valence-corrected chi connectivity index (χ4v) is 3.40. The second-order valence-electron chi connectivity index (χ2n) is 6.48. The SMILES string of the molecule is COC(=O)c1cc(C)ccc1NC1CCCCC1C(C)C. The molecule has 1 saturated carbocycles. The Morgan fingerprint density at radius 2 is 2.00 bits per heavy atom. The lowest BCUT2D eigenvalue weighted by atomic mass is 9.77. The third-order valence-electron chi connectivity index (χ3n) is 4.60. The average molecular weight is 289 g/mol. The molecule has 0 spiro atoms. The topological polar surface area (TPSA) is 38.3 Å². The van der Waals surface area contributed by atoms with Gasteiger partial charge in [0.15, 0.2) is 0 Å². The Labute approximate surface area is 128 Å². The number of rotatable bonds is 4. The van der Waals surface area contributed by atoms with Crippen LogP contribution in [0.1, 0.15) is 55.5 Å². The average Bonchev–Trinajstić information content (AvgIpc) is 2.48. The zero-order chi connectivity index (χ0) is 15.4. The maximum atomic E-state index is 12.0. The van der Waals surface area contributed by atoms with Crippen molar-refractivity contribution in [3.63, 3.8) is 0 Å². The maximum absolute atomic E-state index is 12.0. The van der Waals surface area contributed by atoms with Gasteiger partial charge in [-0.25, -0.2) is 4.79 Å². The smallest absolute Gasteiger partial charge is 0.339 e. The molecule has 1 aliphatic carbocycles. The molecule has 1 aliphatic rings. The summed E-state index contributed by atoms with van der Waals surface area (Å²) in [7, 11) is 1.44. The number of nitrogens with one attached hydrogen (secondary N) is 1. The number of hydrogen-bond donors (Lipinski definition) is 1. The van der Waals surface area contributed by atoms with Crippen LogP contribution in [0.4, 0.5) is 5.69 Å². The van der Waals surface area contributed by atoms with E-state index in [0.717, 1.165) is 11.3 Å². The van der Waals surface area contributed by atoms with Crippen LogP contribution < -0.4 is 5.32 Å². The quantitative estimate of drug-likeness (QED) is 0.834. The van der Waals surface area contributed by atoms with E-state index >= 15 is 0 Å². The lowest BCUT2D eigenvalue weighted by Crippen LogP contribution is -2.35. The summed E-state index contributed by atoms with van der Waals surface area (Å²) in [4.78, 5) is 12.0. The van der Waals surface area contributed by atoms with Gasteiger partial charge in [-0.15, -0.1) is 0 Å². The molecule has 0 aliphatic heterocycles. The molecule has 0 aromatic heterocycles. The van der Waals surface area contributed by atoms with Gasteiger partial charge in [-0.1, -0.05) is 38.3 Å². The van der Waals surface area contributed by atoms with Gasteiger partial charge in [-0.05, 0) is 43.7 Å². The van der Waals surface area contributed by atoms with Crippen molar-refractivity contribution in [1.82, 2.24) is 0 Å². The normalized spacial score (nSPS) is 22.1. The zero-order valence-corrected chi connectivity index (χ0v) is 13.6. The Balaban J connectivity index is 2.23. The van der Waals surface area contributed by atoms with Gasteiger partial charge in [0, 0.05) is 11.7 Å².